The lowest BCUT2D eigenvalue weighted by Gasteiger charge is -2.19. The Bertz CT molecular complexity index is 922. The SMILES string of the molecule is CCCCCCCCCCCCCCCCCCCCCCCCCCCCCCCCCCC(=O)OC(COC(=O)CCCCCCC)COP(=O)(O)OCCN. The van der Waals surface area contributed by atoms with Crippen molar-refractivity contribution in [3.8, 4) is 0 Å². The molecule has 0 radical (unpaired) electrons. The number of hydrogen-bond acceptors (Lipinski definition) is 8. The lowest BCUT2D eigenvalue weighted by atomic mass is 10.0. The lowest BCUT2D eigenvalue weighted by molar-refractivity contribution is -0.161. The van der Waals surface area contributed by atoms with E-state index in [0.717, 1.165) is 44.9 Å². The summed E-state index contributed by atoms with van der Waals surface area (Å²) in [5.74, 6) is -0.828. The Labute approximate surface area is 358 Å². The number of hydrogen-bond donors (Lipinski definition) is 2. The summed E-state index contributed by atoms with van der Waals surface area (Å²) in [5, 5.41) is 0. The van der Waals surface area contributed by atoms with Crippen LogP contribution in [0.1, 0.15) is 264 Å². The van der Waals surface area contributed by atoms with Gasteiger partial charge in [-0.3, -0.25) is 18.6 Å². The molecule has 0 amide bonds. The summed E-state index contributed by atoms with van der Waals surface area (Å²) in [6, 6.07) is 0. The lowest BCUT2D eigenvalue weighted by Crippen LogP contribution is -2.29. The minimum absolute atomic E-state index is 0.0575. The number of unbranched alkanes of at least 4 members (excludes halogenated alkanes) is 35. The molecule has 0 aromatic carbocycles. The number of carbonyl (C=O) groups excluding carboxylic acids is 2. The molecule has 0 aliphatic heterocycles. The molecule has 2 unspecified atom stereocenters. The van der Waals surface area contributed by atoms with Gasteiger partial charge in [-0.2, -0.15) is 0 Å². The van der Waals surface area contributed by atoms with Gasteiger partial charge < -0.3 is 20.1 Å². The summed E-state index contributed by atoms with van der Waals surface area (Å²) in [6.45, 7) is 3.68. The summed E-state index contributed by atoms with van der Waals surface area (Å²) >= 11 is 0. The second-order valence-electron chi connectivity index (χ2n) is 17.1. The molecule has 58 heavy (non-hydrogen) atoms. The van der Waals surface area contributed by atoms with Crippen molar-refractivity contribution in [1.82, 2.24) is 0 Å². The molecule has 0 rings (SSSR count). The highest BCUT2D eigenvalue weighted by atomic mass is 31.2. The zero-order valence-corrected chi connectivity index (χ0v) is 39.2. The van der Waals surface area contributed by atoms with Crippen molar-refractivity contribution in [1.29, 1.82) is 0 Å². The third-order valence-corrected chi connectivity index (χ3v) is 12.2. The molecule has 0 aromatic heterocycles. The minimum Gasteiger partial charge on any atom is -0.462 e. The molecule has 0 aromatic rings. The molecule has 0 fully saturated rings. The van der Waals surface area contributed by atoms with Gasteiger partial charge in [0.2, 0.25) is 0 Å². The Hall–Kier alpha value is -0.990. The molecule has 9 nitrogen and oxygen atoms in total. The fraction of sp³-hybridized carbons (Fsp3) is 0.958. The van der Waals surface area contributed by atoms with Crippen LogP contribution in [-0.2, 0) is 32.7 Å². The second kappa shape index (κ2) is 45.5. The standard InChI is InChI=1S/C48H96NO8P/c1-3-5-7-9-10-11-12-13-14-15-16-17-18-19-20-21-22-23-24-25-26-27-28-29-30-31-32-33-34-35-37-39-41-48(51)57-46(45-56-58(52,53)55-43-42-49)44-54-47(50)40-38-36-8-6-4-2/h46H,3-45,49H2,1-2H3,(H,52,53). The smallest absolute Gasteiger partial charge is 0.462 e. The van der Waals surface area contributed by atoms with Crippen LogP contribution < -0.4 is 5.73 Å². The van der Waals surface area contributed by atoms with E-state index < -0.39 is 26.5 Å². The Morgan fingerprint density at radius 1 is 0.448 bits per heavy atom. The first-order chi connectivity index (χ1) is 28.3. The number of phosphoric ester groups is 1. The van der Waals surface area contributed by atoms with Gasteiger partial charge >= 0.3 is 19.8 Å². The van der Waals surface area contributed by atoms with Crippen LogP contribution in [0, 0.1) is 0 Å². The molecule has 3 N–H and O–H groups in total. The van der Waals surface area contributed by atoms with Crippen molar-refractivity contribution >= 4 is 19.8 Å². The molecular weight excluding hydrogens is 750 g/mol. The third-order valence-electron chi connectivity index (χ3n) is 11.2. The molecule has 0 saturated carbocycles. The van der Waals surface area contributed by atoms with Gasteiger partial charge in [-0.1, -0.05) is 239 Å². The van der Waals surface area contributed by atoms with Crippen LogP contribution in [0.25, 0.3) is 0 Å². The first-order valence-corrected chi connectivity index (χ1v) is 26.5. The maximum atomic E-state index is 12.5. The van der Waals surface area contributed by atoms with Crippen LogP contribution in [0.3, 0.4) is 0 Å². The number of esters is 2. The van der Waals surface area contributed by atoms with Crippen molar-refractivity contribution in [3.63, 3.8) is 0 Å². The van der Waals surface area contributed by atoms with E-state index in [1.54, 1.807) is 0 Å². The van der Waals surface area contributed by atoms with E-state index in [1.807, 2.05) is 0 Å². The maximum Gasteiger partial charge on any atom is 0.472 e. The summed E-state index contributed by atoms with van der Waals surface area (Å²) in [5.41, 5.74) is 5.33. The van der Waals surface area contributed by atoms with Crippen LogP contribution in [-0.4, -0.2) is 49.3 Å². The fourth-order valence-electron chi connectivity index (χ4n) is 7.52. The average molecular weight is 846 g/mol. The van der Waals surface area contributed by atoms with E-state index in [0.29, 0.717) is 6.42 Å². The molecule has 10 heteroatoms. The second-order valence-corrected chi connectivity index (χ2v) is 18.5. The quantitative estimate of drug-likeness (QED) is 0.0349. The first-order valence-electron chi connectivity index (χ1n) is 25.0. The van der Waals surface area contributed by atoms with Crippen LogP contribution in [0.5, 0.6) is 0 Å². The normalized spacial score (nSPS) is 13.1. The van der Waals surface area contributed by atoms with Gasteiger partial charge in [-0.05, 0) is 12.8 Å². The number of rotatable bonds is 48. The third kappa shape index (κ3) is 44.6. The molecule has 346 valence electrons. The van der Waals surface area contributed by atoms with E-state index in [1.165, 1.54) is 186 Å². The first kappa shape index (κ1) is 57.0. The van der Waals surface area contributed by atoms with E-state index in [2.05, 4.69) is 13.8 Å². The average Bonchev–Trinajstić information content (AvgIpc) is 3.21. The zero-order chi connectivity index (χ0) is 42.5. The summed E-state index contributed by atoms with van der Waals surface area (Å²) in [7, 11) is -4.36. The largest absolute Gasteiger partial charge is 0.472 e. The van der Waals surface area contributed by atoms with E-state index in [9.17, 15) is 19.0 Å². The van der Waals surface area contributed by atoms with E-state index in [4.69, 9.17) is 24.3 Å². The number of nitrogens with two attached hydrogens (primary N) is 1. The van der Waals surface area contributed by atoms with Crippen LogP contribution in [0.15, 0.2) is 0 Å². The predicted molar refractivity (Wildman–Crippen MR) is 243 cm³/mol. The van der Waals surface area contributed by atoms with Crippen LogP contribution in [0.4, 0.5) is 0 Å². The van der Waals surface area contributed by atoms with Gasteiger partial charge in [0.25, 0.3) is 0 Å². The van der Waals surface area contributed by atoms with E-state index in [-0.39, 0.29) is 38.6 Å². The zero-order valence-electron chi connectivity index (χ0n) is 38.3. The molecule has 0 aliphatic rings. The van der Waals surface area contributed by atoms with Gasteiger partial charge in [0.15, 0.2) is 6.10 Å². The van der Waals surface area contributed by atoms with E-state index >= 15 is 0 Å². The molecule has 0 aliphatic carbocycles. The minimum atomic E-state index is -4.36. The van der Waals surface area contributed by atoms with Crippen molar-refractivity contribution in [2.75, 3.05) is 26.4 Å². The number of phosphoric acid groups is 1. The monoisotopic (exact) mass is 846 g/mol. The van der Waals surface area contributed by atoms with Gasteiger partial charge in [0.1, 0.15) is 6.61 Å². The molecule has 0 saturated heterocycles. The maximum absolute atomic E-state index is 12.5. The molecule has 0 bridgehead atoms. The van der Waals surface area contributed by atoms with Crippen molar-refractivity contribution in [2.45, 2.75) is 270 Å². The van der Waals surface area contributed by atoms with Gasteiger partial charge in [0.05, 0.1) is 13.2 Å². The Balaban J connectivity index is 3.66. The summed E-state index contributed by atoms with van der Waals surface area (Å²) in [4.78, 5) is 34.5. The Morgan fingerprint density at radius 3 is 1.05 bits per heavy atom. The van der Waals surface area contributed by atoms with Crippen LogP contribution in [0.2, 0.25) is 0 Å². The van der Waals surface area contributed by atoms with Crippen molar-refractivity contribution in [2.24, 2.45) is 5.73 Å². The molecule has 2 atom stereocenters. The van der Waals surface area contributed by atoms with Crippen molar-refractivity contribution < 1.29 is 37.6 Å². The summed E-state index contributed by atoms with van der Waals surface area (Å²) in [6.07, 6.45) is 48.0. The Morgan fingerprint density at radius 2 is 0.741 bits per heavy atom. The highest BCUT2D eigenvalue weighted by molar-refractivity contribution is 7.47. The fourth-order valence-corrected chi connectivity index (χ4v) is 8.29. The highest BCUT2D eigenvalue weighted by Crippen LogP contribution is 2.43. The topological polar surface area (TPSA) is 134 Å². The Kier molecular flexibility index (Phi) is 44.8. The highest BCUT2D eigenvalue weighted by Gasteiger charge is 2.26. The molecule has 0 spiro atoms. The molecular formula is C48H96NO8P. The number of carbonyl (C=O) groups is 2. The molecule has 0 heterocycles. The van der Waals surface area contributed by atoms with Gasteiger partial charge in [-0.25, -0.2) is 4.57 Å². The van der Waals surface area contributed by atoms with Crippen LogP contribution >= 0.6 is 7.82 Å². The number of ether oxygens (including phenoxy) is 2. The van der Waals surface area contributed by atoms with Gasteiger partial charge in [-0.15, -0.1) is 0 Å². The predicted octanol–water partition coefficient (Wildman–Crippen LogP) is 14.8. The van der Waals surface area contributed by atoms with Gasteiger partial charge in [0, 0.05) is 19.4 Å². The van der Waals surface area contributed by atoms with Crippen molar-refractivity contribution in [3.05, 3.63) is 0 Å². The summed E-state index contributed by atoms with van der Waals surface area (Å²) < 4.78 is 32.6.